The number of fused-ring (bicyclic) bond motifs is 3. The molecular formula is C23H30N6O2S. The Balaban J connectivity index is 1.39. The van der Waals surface area contributed by atoms with E-state index in [1.165, 1.54) is 18.2 Å². The molecule has 0 aliphatic carbocycles. The minimum Gasteiger partial charge on any atom is -0.341 e. The number of hydrogen-bond acceptors (Lipinski definition) is 5. The molecule has 2 atom stereocenters. The summed E-state index contributed by atoms with van der Waals surface area (Å²) in [6, 6.07) is 7.98. The molecule has 3 aromatic rings. The summed E-state index contributed by atoms with van der Waals surface area (Å²) in [4.78, 5) is 29.6. The van der Waals surface area contributed by atoms with Gasteiger partial charge in [0, 0.05) is 26.2 Å². The molecule has 5 rings (SSSR count). The molecule has 0 spiro atoms. The first kappa shape index (κ1) is 21.3. The van der Waals surface area contributed by atoms with Gasteiger partial charge in [-0.05, 0) is 43.2 Å². The molecule has 170 valence electrons. The molecule has 2 fully saturated rings. The van der Waals surface area contributed by atoms with E-state index < -0.39 is 0 Å². The molecular weight excluding hydrogens is 424 g/mol. The molecule has 0 N–H and O–H groups in total. The summed E-state index contributed by atoms with van der Waals surface area (Å²) in [5, 5.41) is 9.48. The van der Waals surface area contributed by atoms with E-state index in [9.17, 15) is 9.59 Å². The number of carbonyl (C=O) groups is 2. The Morgan fingerprint density at radius 1 is 0.969 bits per heavy atom. The molecule has 2 saturated heterocycles. The van der Waals surface area contributed by atoms with Crippen LogP contribution in [0.2, 0.25) is 0 Å². The van der Waals surface area contributed by atoms with Crippen LogP contribution in [-0.4, -0.2) is 72.7 Å². The Morgan fingerprint density at radius 3 is 2.38 bits per heavy atom. The molecule has 2 aliphatic rings. The van der Waals surface area contributed by atoms with Gasteiger partial charge in [-0.25, -0.2) is 0 Å². The molecule has 0 saturated carbocycles. The molecule has 2 aliphatic heterocycles. The first-order valence-corrected chi connectivity index (χ1v) is 12.5. The quantitative estimate of drug-likeness (QED) is 0.554. The van der Waals surface area contributed by atoms with Crippen molar-refractivity contribution in [3.63, 3.8) is 0 Å². The van der Waals surface area contributed by atoms with E-state index >= 15 is 0 Å². The number of likely N-dealkylation sites (tertiary alicyclic amines) is 2. The predicted molar refractivity (Wildman–Crippen MR) is 125 cm³/mol. The van der Waals surface area contributed by atoms with Crippen molar-refractivity contribution in [3.8, 4) is 0 Å². The number of piperidine rings is 1. The van der Waals surface area contributed by atoms with Crippen LogP contribution in [0.3, 0.4) is 0 Å². The van der Waals surface area contributed by atoms with Gasteiger partial charge in [0.25, 0.3) is 0 Å². The van der Waals surface area contributed by atoms with E-state index in [-0.39, 0.29) is 18.4 Å². The van der Waals surface area contributed by atoms with E-state index in [1.54, 1.807) is 0 Å². The largest absolute Gasteiger partial charge is 0.341 e. The lowest BCUT2D eigenvalue weighted by molar-refractivity contribution is -0.131. The lowest BCUT2D eigenvalue weighted by Crippen LogP contribution is -2.43. The Labute approximate surface area is 191 Å². The molecule has 0 radical (unpaired) electrons. The van der Waals surface area contributed by atoms with Crippen molar-refractivity contribution >= 4 is 40.4 Å². The van der Waals surface area contributed by atoms with Gasteiger partial charge in [0.2, 0.25) is 17.6 Å². The van der Waals surface area contributed by atoms with Crippen molar-refractivity contribution in [3.05, 3.63) is 24.3 Å². The highest BCUT2D eigenvalue weighted by atomic mass is 32.2. The van der Waals surface area contributed by atoms with E-state index in [0.29, 0.717) is 28.5 Å². The summed E-state index contributed by atoms with van der Waals surface area (Å²) >= 11 is 1.42. The number of thioether (sulfide) groups is 1. The maximum Gasteiger partial charge on any atom is 0.242 e. The van der Waals surface area contributed by atoms with Crippen LogP contribution in [0.1, 0.15) is 33.1 Å². The number of benzene rings is 1. The highest BCUT2D eigenvalue weighted by Gasteiger charge is 2.27. The zero-order valence-corrected chi connectivity index (χ0v) is 19.6. The normalized spacial score (nSPS) is 21.7. The van der Waals surface area contributed by atoms with Gasteiger partial charge < -0.3 is 9.80 Å². The summed E-state index contributed by atoms with van der Waals surface area (Å²) in [5.74, 6) is 2.34. The van der Waals surface area contributed by atoms with Crippen LogP contribution in [0.5, 0.6) is 0 Å². The third-order valence-corrected chi connectivity index (χ3v) is 7.48. The van der Waals surface area contributed by atoms with Crippen molar-refractivity contribution < 1.29 is 9.59 Å². The summed E-state index contributed by atoms with van der Waals surface area (Å²) in [5.41, 5.74) is 1.91. The molecule has 0 bridgehead atoms. The third kappa shape index (κ3) is 3.98. The van der Waals surface area contributed by atoms with Crippen LogP contribution < -0.4 is 0 Å². The molecule has 2 aromatic heterocycles. The predicted octanol–water partition coefficient (Wildman–Crippen LogP) is 2.90. The average molecular weight is 455 g/mol. The van der Waals surface area contributed by atoms with Crippen molar-refractivity contribution in [1.82, 2.24) is 29.0 Å². The van der Waals surface area contributed by atoms with Gasteiger partial charge in [0.05, 0.1) is 16.8 Å². The van der Waals surface area contributed by atoms with E-state index in [1.807, 2.05) is 43.0 Å². The highest BCUT2D eigenvalue weighted by Crippen LogP contribution is 2.27. The summed E-state index contributed by atoms with van der Waals surface area (Å²) in [7, 11) is 0. The van der Waals surface area contributed by atoms with Gasteiger partial charge in [-0.3, -0.25) is 18.6 Å². The van der Waals surface area contributed by atoms with Crippen LogP contribution in [0.15, 0.2) is 29.4 Å². The molecule has 2 unspecified atom stereocenters. The zero-order valence-electron chi connectivity index (χ0n) is 18.7. The maximum absolute atomic E-state index is 12.9. The Hall–Kier alpha value is -2.55. The van der Waals surface area contributed by atoms with Crippen molar-refractivity contribution in [2.45, 2.75) is 44.8 Å². The molecule has 8 nitrogen and oxygen atoms in total. The zero-order chi connectivity index (χ0) is 22.2. The SMILES string of the molecule is CC1CC(C)CN(C(=O)CSc2nnc3n(CC(=O)N4CCCC4)c4ccccc4n23)C1. The van der Waals surface area contributed by atoms with Crippen LogP contribution in [0, 0.1) is 11.8 Å². The van der Waals surface area contributed by atoms with Gasteiger partial charge in [-0.1, -0.05) is 37.7 Å². The third-order valence-electron chi connectivity index (χ3n) is 6.57. The molecule has 32 heavy (non-hydrogen) atoms. The highest BCUT2D eigenvalue weighted by molar-refractivity contribution is 7.99. The van der Waals surface area contributed by atoms with Gasteiger partial charge in [0.1, 0.15) is 6.54 Å². The van der Waals surface area contributed by atoms with Crippen molar-refractivity contribution in [1.29, 1.82) is 0 Å². The number of carbonyl (C=O) groups excluding carboxylic acids is 2. The number of amides is 2. The van der Waals surface area contributed by atoms with Crippen molar-refractivity contribution in [2.24, 2.45) is 11.8 Å². The molecule has 2 amide bonds. The summed E-state index contributed by atoms with van der Waals surface area (Å²) in [6.45, 7) is 8.00. The van der Waals surface area contributed by atoms with Crippen LogP contribution >= 0.6 is 11.8 Å². The smallest absolute Gasteiger partial charge is 0.242 e. The number of aromatic nitrogens is 4. The topological polar surface area (TPSA) is 75.7 Å². The monoisotopic (exact) mass is 454 g/mol. The molecule has 9 heteroatoms. The molecule has 4 heterocycles. The average Bonchev–Trinajstić information content (AvgIpc) is 3.50. The fourth-order valence-corrected chi connectivity index (χ4v) is 6.02. The fourth-order valence-electron chi connectivity index (χ4n) is 5.17. The second-order valence-corrected chi connectivity index (χ2v) is 10.3. The number of nitrogens with zero attached hydrogens (tertiary/aromatic N) is 6. The first-order valence-electron chi connectivity index (χ1n) is 11.5. The Morgan fingerprint density at radius 2 is 1.66 bits per heavy atom. The van der Waals surface area contributed by atoms with Gasteiger partial charge >= 0.3 is 0 Å². The number of rotatable bonds is 5. The second kappa shape index (κ2) is 8.77. The number of hydrogen-bond donors (Lipinski definition) is 0. The molecule has 1 aromatic carbocycles. The minimum absolute atomic E-state index is 0.117. The maximum atomic E-state index is 12.9. The Kier molecular flexibility index (Phi) is 5.84. The van der Waals surface area contributed by atoms with Crippen molar-refractivity contribution in [2.75, 3.05) is 31.9 Å². The minimum atomic E-state index is 0.117. The Bertz CT molecular complexity index is 1140. The lowest BCUT2D eigenvalue weighted by atomic mass is 9.92. The number of para-hydroxylation sites is 2. The second-order valence-electron chi connectivity index (χ2n) is 9.31. The fraction of sp³-hybridized carbons (Fsp3) is 0.565. The van der Waals surface area contributed by atoms with Gasteiger partial charge in [-0.2, -0.15) is 0 Å². The van der Waals surface area contributed by atoms with Gasteiger partial charge in [-0.15, -0.1) is 10.2 Å². The van der Waals surface area contributed by atoms with E-state index in [2.05, 4.69) is 24.0 Å². The van der Waals surface area contributed by atoms with E-state index in [0.717, 1.165) is 50.1 Å². The van der Waals surface area contributed by atoms with Crippen LogP contribution in [0.4, 0.5) is 0 Å². The standard InChI is InChI=1S/C23H30N6O2S/c1-16-11-17(2)13-27(12-16)21(31)15-32-23-25-24-22-28(14-20(30)26-9-5-6-10-26)18-7-3-4-8-19(18)29(22)23/h3-4,7-8,16-17H,5-6,9-15H2,1-2H3. The van der Waals surface area contributed by atoms with Gasteiger partial charge in [0.15, 0.2) is 5.16 Å². The lowest BCUT2D eigenvalue weighted by Gasteiger charge is -2.34. The summed E-state index contributed by atoms with van der Waals surface area (Å²) < 4.78 is 3.93. The van der Waals surface area contributed by atoms with Crippen LogP contribution in [-0.2, 0) is 16.1 Å². The van der Waals surface area contributed by atoms with Crippen LogP contribution in [0.25, 0.3) is 16.8 Å². The first-order chi connectivity index (χ1) is 15.5. The van der Waals surface area contributed by atoms with E-state index in [4.69, 9.17) is 0 Å². The summed E-state index contributed by atoms with van der Waals surface area (Å²) in [6.07, 6.45) is 3.32. The number of imidazole rings is 1.